The van der Waals surface area contributed by atoms with Gasteiger partial charge in [0.05, 0.1) is 4.92 Å². The lowest BCUT2D eigenvalue weighted by molar-refractivity contribution is -0.384. The van der Waals surface area contributed by atoms with E-state index in [2.05, 4.69) is 33.0 Å². The van der Waals surface area contributed by atoms with Crippen LogP contribution in [0.4, 0.5) is 5.69 Å². The Morgan fingerprint density at radius 3 is 1.93 bits per heavy atom. The predicted molar refractivity (Wildman–Crippen MR) is 114 cm³/mol. The van der Waals surface area contributed by atoms with Gasteiger partial charge in [-0.05, 0) is 35.3 Å². The number of ketones is 2. The Labute approximate surface area is 180 Å². The van der Waals surface area contributed by atoms with Crippen LogP contribution >= 0.6 is 11.6 Å². The minimum absolute atomic E-state index is 0.0134. The summed E-state index contributed by atoms with van der Waals surface area (Å²) in [7, 11) is 0. The number of carbonyl (C=O) groups excluding carboxylic acids is 2. The monoisotopic (exact) mass is 428 g/mol. The summed E-state index contributed by atoms with van der Waals surface area (Å²) in [5.74, 6) is -0.625. The van der Waals surface area contributed by atoms with Crippen LogP contribution in [0.25, 0.3) is 0 Å². The van der Waals surface area contributed by atoms with E-state index in [1.807, 2.05) is 0 Å². The van der Waals surface area contributed by atoms with Crippen molar-refractivity contribution in [3.8, 4) is 0 Å². The Hall–Kier alpha value is -2.47. The van der Waals surface area contributed by atoms with E-state index in [9.17, 15) is 19.7 Å². The van der Waals surface area contributed by atoms with Crippen LogP contribution < -0.4 is 5.32 Å². The zero-order chi connectivity index (χ0) is 22.0. The number of nitro groups is 1. The fourth-order valence-electron chi connectivity index (χ4n) is 5.07. The zero-order valence-corrected chi connectivity index (χ0v) is 18.4. The molecule has 1 N–H and O–H groups in total. The number of halogens is 1. The highest BCUT2D eigenvalue weighted by Crippen LogP contribution is 2.51. The highest BCUT2D eigenvalue weighted by molar-refractivity contribution is 6.32. The van der Waals surface area contributed by atoms with Crippen LogP contribution in [-0.4, -0.2) is 16.5 Å². The van der Waals surface area contributed by atoms with Gasteiger partial charge in [0, 0.05) is 47.4 Å². The van der Waals surface area contributed by atoms with Crippen molar-refractivity contribution in [1.29, 1.82) is 0 Å². The molecule has 0 amide bonds. The number of benzene rings is 1. The highest BCUT2D eigenvalue weighted by Gasteiger charge is 2.46. The molecule has 0 aromatic heterocycles. The molecule has 30 heavy (non-hydrogen) atoms. The van der Waals surface area contributed by atoms with E-state index < -0.39 is 10.8 Å². The Morgan fingerprint density at radius 1 is 0.967 bits per heavy atom. The topological polar surface area (TPSA) is 89.3 Å². The molecule has 3 aliphatic rings. The van der Waals surface area contributed by atoms with Gasteiger partial charge in [0.2, 0.25) is 0 Å². The first-order valence-electron chi connectivity index (χ1n) is 10.1. The molecule has 0 unspecified atom stereocenters. The molecule has 0 saturated heterocycles. The van der Waals surface area contributed by atoms with Crippen molar-refractivity contribution in [3.05, 3.63) is 61.4 Å². The van der Waals surface area contributed by atoms with Crippen LogP contribution in [-0.2, 0) is 9.59 Å². The molecule has 0 fully saturated rings. The van der Waals surface area contributed by atoms with Gasteiger partial charge in [-0.1, -0.05) is 45.4 Å². The number of hydrogen-bond donors (Lipinski definition) is 1. The molecule has 7 heteroatoms. The number of dihydropyridines is 1. The number of Topliss-reactive ketones (excluding diaryl/α,β-unsaturated/α-hetero) is 2. The average Bonchev–Trinajstić information content (AvgIpc) is 2.57. The Bertz CT molecular complexity index is 1010. The number of nitro benzene ring substituents is 1. The summed E-state index contributed by atoms with van der Waals surface area (Å²) in [6.07, 6.45) is 2.13. The Balaban J connectivity index is 1.94. The summed E-state index contributed by atoms with van der Waals surface area (Å²) in [5, 5.41) is 14.9. The molecular weight excluding hydrogens is 404 g/mol. The summed E-state index contributed by atoms with van der Waals surface area (Å²) in [4.78, 5) is 37.4. The molecule has 6 nitrogen and oxygen atoms in total. The SMILES string of the molecule is CC1(C)CC(=O)C2=C(C1)NC1=C(C(=O)CC(C)(C)C1)C2c1ccc(Cl)c([N+](=O)[O-])c1. The van der Waals surface area contributed by atoms with Crippen LogP contribution in [0.1, 0.15) is 64.9 Å². The second-order valence-electron chi connectivity index (χ2n) is 10.2. The molecule has 0 saturated carbocycles. The highest BCUT2D eigenvalue weighted by atomic mass is 35.5. The third-order valence-corrected chi connectivity index (χ3v) is 6.54. The van der Waals surface area contributed by atoms with Gasteiger partial charge < -0.3 is 5.32 Å². The van der Waals surface area contributed by atoms with E-state index in [0.29, 0.717) is 42.4 Å². The predicted octanol–water partition coefficient (Wildman–Crippen LogP) is 5.22. The van der Waals surface area contributed by atoms with E-state index >= 15 is 0 Å². The molecule has 0 spiro atoms. The van der Waals surface area contributed by atoms with Crippen LogP contribution in [0.15, 0.2) is 40.7 Å². The van der Waals surface area contributed by atoms with Gasteiger partial charge in [-0.3, -0.25) is 19.7 Å². The molecule has 4 rings (SSSR count). The molecule has 158 valence electrons. The van der Waals surface area contributed by atoms with E-state index in [1.165, 1.54) is 12.1 Å². The summed E-state index contributed by atoms with van der Waals surface area (Å²) >= 11 is 6.03. The van der Waals surface area contributed by atoms with Crippen molar-refractivity contribution in [2.45, 2.75) is 59.3 Å². The Morgan fingerprint density at radius 2 is 1.47 bits per heavy atom. The first kappa shape index (κ1) is 20.8. The lowest BCUT2D eigenvalue weighted by Gasteiger charge is -2.43. The third kappa shape index (κ3) is 3.47. The lowest BCUT2D eigenvalue weighted by atomic mass is 9.64. The summed E-state index contributed by atoms with van der Waals surface area (Å²) in [6.45, 7) is 8.22. The van der Waals surface area contributed by atoms with Gasteiger partial charge in [0.15, 0.2) is 11.6 Å². The molecular formula is C23H25ClN2O4. The van der Waals surface area contributed by atoms with Crippen LogP contribution in [0.3, 0.4) is 0 Å². The third-order valence-electron chi connectivity index (χ3n) is 6.22. The number of allylic oxidation sites excluding steroid dienone is 4. The van der Waals surface area contributed by atoms with E-state index in [1.54, 1.807) is 6.07 Å². The van der Waals surface area contributed by atoms with Gasteiger partial charge in [0.25, 0.3) is 5.69 Å². The van der Waals surface area contributed by atoms with Crippen molar-refractivity contribution in [2.75, 3.05) is 0 Å². The molecule has 0 radical (unpaired) electrons. The largest absolute Gasteiger partial charge is 0.362 e. The maximum absolute atomic E-state index is 13.2. The average molecular weight is 429 g/mol. The maximum Gasteiger partial charge on any atom is 0.288 e. The van der Waals surface area contributed by atoms with Crippen molar-refractivity contribution in [2.24, 2.45) is 10.8 Å². The molecule has 0 bridgehead atoms. The van der Waals surface area contributed by atoms with Gasteiger partial charge in [-0.2, -0.15) is 0 Å². The summed E-state index contributed by atoms with van der Waals surface area (Å²) in [5.41, 5.74) is 2.77. The minimum atomic E-state index is -0.598. The number of carbonyl (C=O) groups is 2. The maximum atomic E-state index is 13.2. The molecule has 1 aromatic rings. The molecule has 1 aromatic carbocycles. The lowest BCUT2D eigenvalue weighted by Crippen LogP contribution is -2.42. The molecule has 0 atom stereocenters. The van der Waals surface area contributed by atoms with E-state index in [4.69, 9.17) is 11.6 Å². The fraction of sp³-hybridized carbons (Fsp3) is 0.478. The van der Waals surface area contributed by atoms with Crippen molar-refractivity contribution < 1.29 is 14.5 Å². The zero-order valence-electron chi connectivity index (χ0n) is 17.6. The first-order valence-corrected chi connectivity index (χ1v) is 10.5. The smallest absolute Gasteiger partial charge is 0.288 e. The Kier molecular flexibility index (Phi) is 4.69. The second kappa shape index (κ2) is 6.77. The number of nitrogens with one attached hydrogen (secondary N) is 1. The van der Waals surface area contributed by atoms with Gasteiger partial charge in [-0.15, -0.1) is 0 Å². The van der Waals surface area contributed by atoms with Crippen LogP contribution in [0.2, 0.25) is 5.02 Å². The summed E-state index contributed by atoms with van der Waals surface area (Å²) in [6, 6.07) is 4.58. The standard InChI is InChI=1S/C23H25ClN2O4/c1-22(2)8-14-20(17(27)10-22)19(12-5-6-13(24)16(7-12)26(29)30)21-15(25-14)9-23(3,4)11-18(21)28/h5-7,19,25H,8-11H2,1-4H3. The number of nitrogens with zero attached hydrogens (tertiary/aromatic N) is 1. The molecule has 1 aliphatic heterocycles. The van der Waals surface area contributed by atoms with Crippen LogP contribution in [0.5, 0.6) is 0 Å². The second-order valence-corrected chi connectivity index (χ2v) is 10.6. The van der Waals surface area contributed by atoms with E-state index in [0.717, 1.165) is 11.4 Å². The van der Waals surface area contributed by atoms with Crippen molar-refractivity contribution in [1.82, 2.24) is 5.32 Å². The van der Waals surface area contributed by atoms with Gasteiger partial charge in [-0.25, -0.2) is 0 Å². The van der Waals surface area contributed by atoms with Crippen LogP contribution in [0, 0.1) is 20.9 Å². The van der Waals surface area contributed by atoms with Crippen molar-refractivity contribution in [3.63, 3.8) is 0 Å². The van der Waals surface area contributed by atoms with Gasteiger partial charge in [0.1, 0.15) is 5.02 Å². The number of hydrogen-bond acceptors (Lipinski definition) is 5. The number of rotatable bonds is 2. The van der Waals surface area contributed by atoms with Crippen molar-refractivity contribution >= 4 is 28.9 Å². The molecule has 2 aliphatic carbocycles. The summed E-state index contributed by atoms with van der Waals surface area (Å²) < 4.78 is 0. The molecule has 1 heterocycles. The normalized spacial score (nSPS) is 23.1. The quantitative estimate of drug-likeness (QED) is 0.515. The fourth-order valence-corrected chi connectivity index (χ4v) is 5.26. The van der Waals surface area contributed by atoms with Gasteiger partial charge >= 0.3 is 0 Å². The van der Waals surface area contributed by atoms with E-state index in [-0.39, 0.29) is 33.1 Å². The first-order chi connectivity index (χ1) is 13.9. The minimum Gasteiger partial charge on any atom is -0.362 e.